The molecule has 3 rings (SSSR count). The molecule has 1 heterocycles. The molecule has 0 spiro atoms. The molecule has 138 valence electrons. The van der Waals surface area contributed by atoms with Crippen molar-refractivity contribution in [1.82, 2.24) is 4.98 Å². The largest absolute Gasteiger partial charge is 0.462 e. The van der Waals surface area contributed by atoms with Gasteiger partial charge in [0, 0.05) is 28.6 Å². The van der Waals surface area contributed by atoms with Crippen LogP contribution in [0.15, 0.2) is 59.0 Å². The van der Waals surface area contributed by atoms with E-state index in [0.717, 1.165) is 16.4 Å². The van der Waals surface area contributed by atoms with E-state index < -0.39 is 0 Å². The Hall–Kier alpha value is -2.70. The van der Waals surface area contributed by atoms with Gasteiger partial charge in [-0.25, -0.2) is 14.8 Å². The van der Waals surface area contributed by atoms with Gasteiger partial charge < -0.3 is 4.74 Å². The molecule has 7 heteroatoms. The summed E-state index contributed by atoms with van der Waals surface area (Å²) in [6.07, 6.45) is 1.63. The number of rotatable bonds is 6. The van der Waals surface area contributed by atoms with Crippen LogP contribution in [0.25, 0.3) is 11.3 Å². The lowest BCUT2D eigenvalue weighted by atomic mass is 10.1. The van der Waals surface area contributed by atoms with E-state index in [9.17, 15) is 4.79 Å². The molecule has 27 heavy (non-hydrogen) atoms. The first-order valence-electron chi connectivity index (χ1n) is 8.34. The molecule has 1 aromatic heterocycles. The van der Waals surface area contributed by atoms with Gasteiger partial charge >= 0.3 is 5.97 Å². The number of esters is 1. The van der Waals surface area contributed by atoms with Crippen LogP contribution in [0.1, 0.15) is 22.8 Å². The third kappa shape index (κ3) is 4.53. The fourth-order valence-electron chi connectivity index (χ4n) is 2.41. The number of halogens is 1. The van der Waals surface area contributed by atoms with Gasteiger partial charge in [-0.2, -0.15) is 5.10 Å². The van der Waals surface area contributed by atoms with Crippen LogP contribution in [0.3, 0.4) is 0 Å². The van der Waals surface area contributed by atoms with Crippen molar-refractivity contribution in [2.24, 2.45) is 5.10 Å². The Morgan fingerprint density at radius 3 is 2.78 bits per heavy atom. The van der Waals surface area contributed by atoms with E-state index >= 15 is 0 Å². The maximum atomic E-state index is 12.1. The predicted octanol–water partition coefficient (Wildman–Crippen LogP) is 5.11. The lowest BCUT2D eigenvalue weighted by Crippen LogP contribution is -2.11. The van der Waals surface area contributed by atoms with Crippen LogP contribution in [-0.2, 0) is 4.74 Å². The number of hydrazone groups is 1. The summed E-state index contributed by atoms with van der Waals surface area (Å²) in [6.45, 7) is 2.11. The van der Waals surface area contributed by atoms with E-state index in [2.05, 4.69) is 10.1 Å². The monoisotopic (exact) mass is 399 g/mol. The number of hydrogen-bond donors (Lipinski definition) is 0. The number of hydrogen-bond acceptors (Lipinski definition) is 6. The first-order valence-corrected chi connectivity index (χ1v) is 9.60. The van der Waals surface area contributed by atoms with E-state index in [0.29, 0.717) is 22.8 Å². The van der Waals surface area contributed by atoms with E-state index in [-0.39, 0.29) is 5.97 Å². The normalized spacial score (nSPS) is 10.9. The Kier molecular flexibility index (Phi) is 6.21. The fourth-order valence-corrected chi connectivity index (χ4v) is 3.39. The zero-order valence-electron chi connectivity index (χ0n) is 14.9. The lowest BCUT2D eigenvalue weighted by Gasteiger charge is -2.09. The van der Waals surface area contributed by atoms with Gasteiger partial charge in [0.25, 0.3) is 0 Å². The molecule has 0 aliphatic rings. The minimum absolute atomic E-state index is 0.328. The van der Waals surface area contributed by atoms with E-state index in [1.54, 1.807) is 37.3 Å². The molecule has 0 radical (unpaired) electrons. The molecule has 0 N–H and O–H groups in total. The third-order valence-corrected chi connectivity index (χ3v) is 4.98. The van der Waals surface area contributed by atoms with Crippen molar-refractivity contribution in [1.29, 1.82) is 0 Å². The maximum absolute atomic E-state index is 12.1. The van der Waals surface area contributed by atoms with Crippen LogP contribution in [0.5, 0.6) is 0 Å². The number of nitrogens with zero attached hydrogens (tertiary/aromatic N) is 3. The van der Waals surface area contributed by atoms with Crippen molar-refractivity contribution in [3.8, 4) is 11.3 Å². The van der Waals surface area contributed by atoms with Crippen LogP contribution in [-0.4, -0.2) is 30.8 Å². The molecule has 5 nitrogen and oxygen atoms in total. The molecule has 0 aliphatic carbocycles. The summed E-state index contributed by atoms with van der Waals surface area (Å²) in [5.74, 6) is -0.363. The Balaban J connectivity index is 1.80. The molecule has 0 aliphatic heterocycles. The second-order valence-corrected chi connectivity index (χ2v) is 6.81. The average molecular weight is 400 g/mol. The van der Waals surface area contributed by atoms with Crippen molar-refractivity contribution >= 4 is 40.3 Å². The molecular formula is C20H18ClN3O2S. The molecule has 3 aromatic rings. The highest BCUT2D eigenvalue weighted by molar-refractivity contribution is 7.14. The summed E-state index contributed by atoms with van der Waals surface area (Å²) < 4.78 is 5.09. The summed E-state index contributed by atoms with van der Waals surface area (Å²) in [5, 5.41) is 9.39. The molecule has 0 saturated heterocycles. The summed E-state index contributed by atoms with van der Waals surface area (Å²) in [5.41, 5.74) is 2.85. The van der Waals surface area contributed by atoms with E-state index in [4.69, 9.17) is 16.3 Å². The molecule has 0 unspecified atom stereocenters. The average Bonchev–Trinajstić information content (AvgIpc) is 3.17. The molecular weight excluding hydrogens is 382 g/mol. The van der Waals surface area contributed by atoms with Crippen molar-refractivity contribution in [3.05, 3.63) is 70.1 Å². The van der Waals surface area contributed by atoms with Gasteiger partial charge in [-0.15, -0.1) is 11.3 Å². The highest BCUT2D eigenvalue weighted by Gasteiger charge is 2.12. The molecule has 0 amide bonds. The number of carbonyl (C=O) groups excluding carboxylic acids is 1. The highest BCUT2D eigenvalue weighted by atomic mass is 35.5. The van der Waals surface area contributed by atoms with Crippen molar-refractivity contribution < 1.29 is 9.53 Å². The van der Waals surface area contributed by atoms with Gasteiger partial charge in [0.1, 0.15) is 0 Å². The maximum Gasteiger partial charge on any atom is 0.338 e. The minimum Gasteiger partial charge on any atom is -0.462 e. The zero-order chi connectivity index (χ0) is 19.2. The fraction of sp³-hybridized carbons (Fsp3) is 0.150. The van der Waals surface area contributed by atoms with E-state index in [1.165, 1.54) is 11.3 Å². The Labute approximate surface area is 166 Å². The second kappa shape index (κ2) is 8.79. The number of benzene rings is 2. The topological polar surface area (TPSA) is 54.8 Å². The van der Waals surface area contributed by atoms with Crippen LogP contribution in [0.2, 0.25) is 5.02 Å². The quantitative estimate of drug-likeness (QED) is 0.328. The first-order chi connectivity index (χ1) is 13.1. The van der Waals surface area contributed by atoms with Gasteiger partial charge in [-0.05, 0) is 19.1 Å². The summed E-state index contributed by atoms with van der Waals surface area (Å²) in [4.78, 5) is 16.6. The zero-order valence-corrected chi connectivity index (χ0v) is 16.5. The van der Waals surface area contributed by atoms with Crippen molar-refractivity contribution in [2.75, 3.05) is 18.7 Å². The van der Waals surface area contributed by atoms with Gasteiger partial charge in [0.2, 0.25) is 5.13 Å². The Bertz CT molecular complexity index is 971. The third-order valence-electron chi connectivity index (χ3n) is 3.74. The highest BCUT2D eigenvalue weighted by Crippen LogP contribution is 2.31. The van der Waals surface area contributed by atoms with Crippen LogP contribution in [0, 0.1) is 0 Å². The second-order valence-electron chi connectivity index (χ2n) is 5.57. The van der Waals surface area contributed by atoms with Crippen molar-refractivity contribution in [2.45, 2.75) is 6.92 Å². The summed E-state index contributed by atoms with van der Waals surface area (Å²) >= 11 is 7.70. The molecule has 0 fully saturated rings. The van der Waals surface area contributed by atoms with Crippen molar-refractivity contribution in [3.63, 3.8) is 0 Å². The van der Waals surface area contributed by atoms with Gasteiger partial charge in [0.15, 0.2) is 0 Å². The van der Waals surface area contributed by atoms with Crippen LogP contribution >= 0.6 is 22.9 Å². The number of ether oxygens (including phenoxy) is 1. The number of thiazole rings is 1. The van der Waals surface area contributed by atoms with Crippen LogP contribution in [0.4, 0.5) is 5.13 Å². The number of aromatic nitrogens is 1. The molecule has 2 aromatic carbocycles. The number of carbonyl (C=O) groups is 1. The number of anilines is 1. The predicted molar refractivity (Wildman–Crippen MR) is 111 cm³/mol. The van der Waals surface area contributed by atoms with Gasteiger partial charge in [-0.3, -0.25) is 0 Å². The SMILES string of the molecule is CCOC(=O)c1ccccc1/C=N/N(C)c1nc(-c2ccccc2Cl)cs1. The smallest absolute Gasteiger partial charge is 0.338 e. The van der Waals surface area contributed by atoms with Crippen LogP contribution < -0.4 is 5.01 Å². The van der Waals surface area contributed by atoms with Gasteiger partial charge in [0.05, 0.1) is 24.1 Å². The molecule has 0 atom stereocenters. The summed E-state index contributed by atoms with van der Waals surface area (Å²) in [7, 11) is 1.80. The Morgan fingerprint density at radius 1 is 1.26 bits per heavy atom. The molecule has 0 bridgehead atoms. The first kappa shape index (κ1) is 19.1. The lowest BCUT2D eigenvalue weighted by molar-refractivity contribution is 0.0526. The minimum atomic E-state index is -0.363. The summed E-state index contributed by atoms with van der Waals surface area (Å²) in [6, 6.07) is 14.8. The standard InChI is InChI=1S/C20H18ClN3O2S/c1-3-26-19(25)15-9-5-4-8-14(15)12-22-24(2)20-23-18(13-27-20)16-10-6-7-11-17(16)21/h4-13H,3H2,1-2H3/b22-12+. The van der Waals surface area contributed by atoms with E-state index in [1.807, 2.05) is 41.8 Å². The molecule has 0 saturated carbocycles. The van der Waals surface area contributed by atoms with Gasteiger partial charge in [-0.1, -0.05) is 48.0 Å². The Morgan fingerprint density at radius 2 is 2.00 bits per heavy atom.